The number of anilines is 1. The number of aromatic amines is 1. The molecule has 0 aliphatic carbocycles. The molecule has 1 aliphatic heterocycles. The summed E-state index contributed by atoms with van der Waals surface area (Å²) in [5, 5.41) is 0.889. The summed E-state index contributed by atoms with van der Waals surface area (Å²) in [6.07, 6.45) is 2.24. The van der Waals surface area contributed by atoms with Gasteiger partial charge in [-0.15, -0.1) is 0 Å². The van der Waals surface area contributed by atoms with Crippen LogP contribution < -0.4 is 4.90 Å². The fourth-order valence-corrected chi connectivity index (χ4v) is 4.51. The Morgan fingerprint density at radius 1 is 1.04 bits per heavy atom. The largest absolute Gasteiger partial charge is 0.371 e. The summed E-state index contributed by atoms with van der Waals surface area (Å²) in [4.78, 5) is 5.77. The molecule has 2 aromatic carbocycles. The van der Waals surface area contributed by atoms with Crippen molar-refractivity contribution in [3.05, 3.63) is 48.3 Å². The molecule has 3 aromatic rings. The zero-order chi connectivity index (χ0) is 19.2. The number of hydrogen-bond acceptors (Lipinski definition) is 3. The average molecular weight is 387 g/mol. The third-order valence-corrected chi connectivity index (χ3v) is 6.88. The Kier molecular flexibility index (Phi) is 4.44. The molecule has 0 spiro atoms. The second-order valence-electron chi connectivity index (χ2n) is 7.08. The maximum absolute atomic E-state index is 13.6. The molecule has 2 heterocycles. The number of H-pyrrole nitrogens is 1. The van der Waals surface area contributed by atoms with E-state index in [9.17, 15) is 12.8 Å². The predicted octanol–water partition coefficient (Wildman–Crippen LogP) is 3.82. The van der Waals surface area contributed by atoms with Gasteiger partial charge in [0.15, 0.2) is 0 Å². The van der Waals surface area contributed by atoms with E-state index in [2.05, 4.69) is 9.88 Å². The number of halogens is 1. The van der Waals surface area contributed by atoms with Crippen LogP contribution in [-0.2, 0) is 10.0 Å². The lowest BCUT2D eigenvalue weighted by Crippen LogP contribution is -2.23. The molecule has 0 bridgehead atoms. The topological polar surface area (TPSA) is 56.4 Å². The van der Waals surface area contributed by atoms with Crippen LogP contribution in [0, 0.1) is 5.82 Å². The highest BCUT2D eigenvalue weighted by Gasteiger charge is 2.23. The van der Waals surface area contributed by atoms with Gasteiger partial charge in [-0.25, -0.2) is 17.1 Å². The molecule has 142 valence electrons. The van der Waals surface area contributed by atoms with Gasteiger partial charge in [0.05, 0.1) is 4.90 Å². The lowest BCUT2D eigenvalue weighted by atomic mass is 10.1. The normalized spacial score (nSPS) is 15.2. The second-order valence-corrected chi connectivity index (χ2v) is 9.23. The summed E-state index contributed by atoms with van der Waals surface area (Å²) in [6, 6.07) is 11.8. The van der Waals surface area contributed by atoms with Gasteiger partial charge in [0.2, 0.25) is 10.0 Å². The number of nitrogens with one attached hydrogen (secondary N) is 1. The van der Waals surface area contributed by atoms with Crippen LogP contribution in [0.25, 0.3) is 22.2 Å². The fourth-order valence-electron chi connectivity index (χ4n) is 3.58. The fraction of sp³-hybridized carbons (Fsp3) is 0.300. The Hall–Kier alpha value is -2.38. The minimum Gasteiger partial charge on any atom is -0.371 e. The minimum atomic E-state index is -3.54. The zero-order valence-corrected chi connectivity index (χ0v) is 16.2. The van der Waals surface area contributed by atoms with Crippen LogP contribution in [-0.4, -0.2) is 44.9 Å². The van der Waals surface area contributed by atoms with Gasteiger partial charge in [-0.05, 0) is 55.3 Å². The second kappa shape index (κ2) is 6.65. The summed E-state index contributed by atoms with van der Waals surface area (Å²) in [7, 11) is -0.498. The molecule has 27 heavy (non-hydrogen) atoms. The number of benzene rings is 2. The zero-order valence-electron chi connectivity index (χ0n) is 15.4. The molecule has 5 nitrogen and oxygen atoms in total. The highest BCUT2D eigenvalue weighted by Crippen LogP contribution is 2.36. The van der Waals surface area contributed by atoms with Crippen LogP contribution in [0.1, 0.15) is 12.8 Å². The van der Waals surface area contributed by atoms with Crippen LogP contribution in [0.2, 0.25) is 0 Å². The van der Waals surface area contributed by atoms with Crippen LogP contribution in [0.5, 0.6) is 0 Å². The average Bonchev–Trinajstić information content (AvgIpc) is 3.30. The maximum atomic E-state index is 13.6. The predicted molar refractivity (Wildman–Crippen MR) is 106 cm³/mol. The van der Waals surface area contributed by atoms with Crippen LogP contribution >= 0.6 is 0 Å². The summed E-state index contributed by atoms with van der Waals surface area (Å²) in [6.45, 7) is 1.89. The van der Waals surface area contributed by atoms with E-state index in [0.717, 1.165) is 48.3 Å². The molecule has 7 heteroatoms. The van der Waals surface area contributed by atoms with E-state index in [1.165, 1.54) is 30.5 Å². The third-order valence-electron chi connectivity index (χ3n) is 5.07. The van der Waals surface area contributed by atoms with E-state index in [1.807, 2.05) is 12.1 Å². The molecular weight excluding hydrogens is 365 g/mol. The van der Waals surface area contributed by atoms with E-state index in [-0.39, 0.29) is 10.7 Å². The molecule has 1 aliphatic rings. The van der Waals surface area contributed by atoms with Crippen molar-refractivity contribution in [1.82, 2.24) is 9.29 Å². The van der Waals surface area contributed by atoms with Crippen molar-refractivity contribution in [2.75, 3.05) is 32.1 Å². The summed E-state index contributed by atoms with van der Waals surface area (Å²) >= 11 is 0. The number of sulfonamides is 1. The summed E-state index contributed by atoms with van der Waals surface area (Å²) in [5.41, 5.74) is 3.29. The van der Waals surface area contributed by atoms with E-state index in [4.69, 9.17) is 0 Å². The molecule has 1 saturated heterocycles. The van der Waals surface area contributed by atoms with E-state index in [0.29, 0.717) is 5.52 Å². The Labute approximate surface area is 158 Å². The van der Waals surface area contributed by atoms with Gasteiger partial charge < -0.3 is 9.88 Å². The van der Waals surface area contributed by atoms with Gasteiger partial charge in [0.25, 0.3) is 0 Å². The van der Waals surface area contributed by atoms with Gasteiger partial charge in [-0.1, -0.05) is 0 Å². The molecule has 0 atom stereocenters. The van der Waals surface area contributed by atoms with Crippen LogP contribution in [0.4, 0.5) is 10.1 Å². The Morgan fingerprint density at radius 2 is 1.78 bits per heavy atom. The van der Waals surface area contributed by atoms with Crippen molar-refractivity contribution >= 4 is 26.6 Å². The molecule has 0 amide bonds. The van der Waals surface area contributed by atoms with Crippen molar-refractivity contribution in [2.45, 2.75) is 17.7 Å². The summed E-state index contributed by atoms with van der Waals surface area (Å²) in [5.74, 6) is -0.306. The maximum Gasteiger partial charge on any atom is 0.242 e. The quantitative estimate of drug-likeness (QED) is 0.740. The molecule has 4 rings (SSSR count). The molecule has 1 N–H and O–H groups in total. The molecule has 0 unspecified atom stereocenters. The molecule has 0 radical (unpaired) electrons. The Bertz CT molecular complexity index is 1100. The lowest BCUT2D eigenvalue weighted by molar-refractivity contribution is 0.521. The number of fused-ring (bicyclic) bond motifs is 1. The van der Waals surface area contributed by atoms with Crippen LogP contribution in [0.15, 0.2) is 47.4 Å². The smallest absolute Gasteiger partial charge is 0.242 e. The molecular formula is C20H22FN3O2S. The highest BCUT2D eigenvalue weighted by atomic mass is 32.2. The molecule has 1 aromatic heterocycles. The van der Waals surface area contributed by atoms with Gasteiger partial charge in [-0.3, -0.25) is 0 Å². The van der Waals surface area contributed by atoms with E-state index in [1.54, 1.807) is 18.2 Å². The highest BCUT2D eigenvalue weighted by molar-refractivity contribution is 7.89. The van der Waals surface area contributed by atoms with Gasteiger partial charge >= 0.3 is 0 Å². The monoisotopic (exact) mass is 387 g/mol. The standard InChI is InChI=1S/C20H22FN3O2S/c1-23(2)27(25,26)16-7-8-20(24-9-3-4-10-24)17(13-16)19-11-14-5-6-15(21)12-18(14)22-19/h5-8,11-13,22H,3-4,9-10H2,1-2H3. The van der Waals surface area contributed by atoms with E-state index >= 15 is 0 Å². The van der Waals surface area contributed by atoms with Crippen molar-refractivity contribution < 1.29 is 12.8 Å². The molecule has 0 saturated carbocycles. The Balaban J connectivity index is 1.91. The first-order valence-electron chi connectivity index (χ1n) is 8.96. The molecule has 1 fully saturated rings. The number of nitrogens with zero attached hydrogens (tertiary/aromatic N) is 2. The number of aromatic nitrogens is 1. The lowest BCUT2D eigenvalue weighted by Gasteiger charge is -2.22. The van der Waals surface area contributed by atoms with Crippen molar-refractivity contribution in [3.63, 3.8) is 0 Å². The first kappa shape index (κ1) is 18.0. The summed E-state index contributed by atoms with van der Waals surface area (Å²) < 4.78 is 40.0. The number of hydrogen-bond donors (Lipinski definition) is 1. The number of rotatable bonds is 4. The first-order chi connectivity index (χ1) is 12.9. The minimum absolute atomic E-state index is 0.246. The van der Waals surface area contributed by atoms with Gasteiger partial charge in [0.1, 0.15) is 5.82 Å². The van der Waals surface area contributed by atoms with Crippen molar-refractivity contribution in [2.24, 2.45) is 0 Å². The Morgan fingerprint density at radius 3 is 2.48 bits per heavy atom. The third kappa shape index (κ3) is 3.21. The SMILES string of the molecule is CN(C)S(=O)(=O)c1ccc(N2CCCC2)c(-c2cc3ccc(F)cc3[nH]2)c1. The first-order valence-corrected chi connectivity index (χ1v) is 10.4. The van der Waals surface area contributed by atoms with Crippen molar-refractivity contribution in [1.29, 1.82) is 0 Å². The van der Waals surface area contributed by atoms with E-state index < -0.39 is 10.0 Å². The van der Waals surface area contributed by atoms with Crippen molar-refractivity contribution in [3.8, 4) is 11.3 Å². The van der Waals surface area contributed by atoms with Crippen LogP contribution in [0.3, 0.4) is 0 Å². The van der Waals surface area contributed by atoms with Gasteiger partial charge in [0, 0.05) is 55.0 Å². The van der Waals surface area contributed by atoms with Gasteiger partial charge in [-0.2, -0.15) is 0 Å².